The van der Waals surface area contributed by atoms with E-state index in [9.17, 15) is 14.4 Å². The van der Waals surface area contributed by atoms with E-state index in [1.807, 2.05) is 77.1 Å². The molecule has 4 aromatic rings. The molecular weight excluding hydrogens is 476 g/mol. The van der Waals surface area contributed by atoms with Crippen LogP contribution >= 0.6 is 0 Å². The number of nitrogens with zero attached hydrogens (tertiary/aromatic N) is 3. The van der Waals surface area contributed by atoms with Crippen LogP contribution in [0.5, 0.6) is 0 Å². The molecule has 0 saturated carbocycles. The number of carbonyl (C=O) groups excluding carboxylic acids is 2. The van der Waals surface area contributed by atoms with E-state index in [2.05, 4.69) is 5.10 Å². The van der Waals surface area contributed by atoms with E-state index in [1.54, 1.807) is 29.1 Å². The molecule has 7 nitrogen and oxygen atoms in total. The van der Waals surface area contributed by atoms with Crippen LogP contribution in [0.15, 0.2) is 71.8 Å². The first kappa shape index (κ1) is 25.1. The van der Waals surface area contributed by atoms with Crippen molar-refractivity contribution >= 4 is 28.8 Å². The molecule has 0 radical (unpaired) electrons. The molecule has 0 spiro atoms. The second-order valence-electron chi connectivity index (χ2n) is 9.94. The Morgan fingerprint density at radius 2 is 1.55 bits per heavy atom. The number of carbonyl (C=O) groups is 2. The van der Waals surface area contributed by atoms with E-state index < -0.39 is 11.8 Å². The van der Waals surface area contributed by atoms with Crippen molar-refractivity contribution in [2.45, 2.75) is 47.5 Å². The summed E-state index contributed by atoms with van der Waals surface area (Å²) in [5.74, 6) is -0.977. The molecule has 0 unspecified atom stereocenters. The van der Waals surface area contributed by atoms with Crippen LogP contribution < -0.4 is 15.0 Å². The Morgan fingerprint density at radius 1 is 0.842 bits per heavy atom. The number of pyridine rings is 1. The Kier molecular flexibility index (Phi) is 6.45. The third-order valence-corrected chi connectivity index (χ3v) is 6.87. The maximum atomic E-state index is 14.1. The summed E-state index contributed by atoms with van der Waals surface area (Å²) >= 11 is 0. The van der Waals surface area contributed by atoms with Gasteiger partial charge >= 0.3 is 5.91 Å². The van der Waals surface area contributed by atoms with Crippen LogP contribution in [0.4, 0.5) is 5.69 Å². The number of aromatic amines is 1. The number of aromatic nitrogens is 3. The van der Waals surface area contributed by atoms with Gasteiger partial charge in [-0.1, -0.05) is 48.7 Å². The van der Waals surface area contributed by atoms with Gasteiger partial charge in [-0.15, -0.1) is 0 Å². The van der Waals surface area contributed by atoms with Gasteiger partial charge in [0, 0.05) is 17.3 Å². The number of hydrogen-bond acceptors (Lipinski definition) is 3. The number of imide groups is 1. The first-order valence-electron chi connectivity index (χ1n) is 12.8. The Bertz CT molecular complexity index is 1670. The van der Waals surface area contributed by atoms with E-state index >= 15 is 0 Å². The molecule has 0 saturated heterocycles. The molecule has 38 heavy (non-hydrogen) atoms. The molecule has 0 aliphatic carbocycles. The first-order valence-corrected chi connectivity index (χ1v) is 12.8. The Hall–Kier alpha value is -4.52. The molecule has 2 aromatic carbocycles. The molecule has 2 aromatic heterocycles. The zero-order valence-electron chi connectivity index (χ0n) is 22.3. The monoisotopic (exact) mass is 507 g/mol. The Labute approximate surface area is 221 Å². The van der Waals surface area contributed by atoms with Crippen molar-refractivity contribution in [3.8, 4) is 5.69 Å². The highest BCUT2D eigenvalue weighted by atomic mass is 16.2. The number of benzene rings is 2. The van der Waals surface area contributed by atoms with E-state index in [-0.39, 0.29) is 22.4 Å². The van der Waals surface area contributed by atoms with Gasteiger partial charge in [-0.3, -0.25) is 19.5 Å². The minimum atomic E-state index is -0.510. The lowest BCUT2D eigenvalue weighted by atomic mass is 10.0. The van der Waals surface area contributed by atoms with Crippen LogP contribution in [0.1, 0.15) is 46.9 Å². The van der Waals surface area contributed by atoms with Crippen LogP contribution in [-0.2, 0) is 16.0 Å². The summed E-state index contributed by atoms with van der Waals surface area (Å²) in [6, 6.07) is 16.8. The van der Waals surface area contributed by atoms with Crippen molar-refractivity contribution in [3.05, 3.63) is 111 Å². The summed E-state index contributed by atoms with van der Waals surface area (Å²) in [7, 11) is 0. The topological polar surface area (TPSA) is 79.1 Å². The van der Waals surface area contributed by atoms with E-state index in [0.29, 0.717) is 23.5 Å². The maximum absolute atomic E-state index is 14.1. The van der Waals surface area contributed by atoms with Crippen molar-refractivity contribution in [3.63, 3.8) is 0 Å². The van der Waals surface area contributed by atoms with Gasteiger partial charge in [-0.05, 0) is 63.9 Å². The third kappa shape index (κ3) is 4.20. The molecule has 192 valence electrons. The average Bonchev–Trinajstić information content (AvgIpc) is 3.32. The van der Waals surface area contributed by atoms with Gasteiger partial charge in [-0.2, -0.15) is 4.57 Å². The molecular formula is C31H31N4O3+. The van der Waals surface area contributed by atoms with Gasteiger partial charge in [0.05, 0.1) is 16.9 Å². The summed E-state index contributed by atoms with van der Waals surface area (Å²) in [6.07, 6.45) is 4.84. The number of H-pyrrole nitrogens is 1. The minimum Gasteiger partial charge on any atom is -0.294 e. The quantitative estimate of drug-likeness (QED) is 0.307. The summed E-state index contributed by atoms with van der Waals surface area (Å²) in [5, 5.41) is 3.26. The van der Waals surface area contributed by atoms with E-state index in [4.69, 9.17) is 0 Å². The Balaban J connectivity index is 1.79. The zero-order chi connectivity index (χ0) is 27.1. The molecule has 1 aliphatic heterocycles. The molecule has 0 fully saturated rings. The number of rotatable bonds is 6. The summed E-state index contributed by atoms with van der Waals surface area (Å²) < 4.78 is 3.15. The normalized spacial score (nSPS) is 13.7. The largest absolute Gasteiger partial charge is 0.331 e. The number of nitrogens with one attached hydrogen (secondary N) is 1. The van der Waals surface area contributed by atoms with Gasteiger partial charge in [0.15, 0.2) is 12.4 Å². The fraction of sp³-hybridized carbons (Fsp3) is 0.226. The predicted molar refractivity (Wildman–Crippen MR) is 148 cm³/mol. The van der Waals surface area contributed by atoms with E-state index in [1.165, 1.54) is 9.58 Å². The van der Waals surface area contributed by atoms with E-state index in [0.717, 1.165) is 28.7 Å². The van der Waals surface area contributed by atoms with Crippen LogP contribution in [0, 0.1) is 27.7 Å². The van der Waals surface area contributed by atoms with Gasteiger partial charge in [0.2, 0.25) is 0 Å². The fourth-order valence-corrected chi connectivity index (χ4v) is 5.04. The van der Waals surface area contributed by atoms with Crippen LogP contribution in [0.3, 0.4) is 0 Å². The summed E-state index contributed by atoms with van der Waals surface area (Å²) in [6.45, 7) is 9.83. The highest BCUT2D eigenvalue weighted by Crippen LogP contribution is 2.34. The van der Waals surface area contributed by atoms with Crippen LogP contribution in [0.25, 0.3) is 17.0 Å². The van der Waals surface area contributed by atoms with Gasteiger partial charge in [-0.25, -0.2) is 9.58 Å². The fourth-order valence-electron chi connectivity index (χ4n) is 5.04. The lowest BCUT2D eigenvalue weighted by Crippen LogP contribution is -2.39. The molecule has 0 atom stereocenters. The number of hydrogen-bond donors (Lipinski definition) is 1. The SMILES string of the molecule is CCCc1[nH]n(-c2ccc(C)cc2C)c(=O)c1C1=C([n+]2cccc(C)c2)C(=O)N(c2ccc(C)cc2)C1=O. The van der Waals surface area contributed by atoms with Crippen molar-refractivity contribution in [2.75, 3.05) is 4.90 Å². The predicted octanol–water partition coefficient (Wildman–Crippen LogP) is 4.58. The standard InChI is InChI=1S/C31H30N4O3/c1-6-8-24-26(30(37)35(32-24)25-15-12-20(3)17-22(25)5)27-28(33-16-7-9-21(4)18-33)31(38)34(29(27)36)23-13-10-19(2)11-14-23/h7,9-18H,6,8H2,1-5H3/p+1. The number of amides is 2. The van der Waals surface area contributed by atoms with Crippen molar-refractivity contribution in [1.29, 1.82) is 0 Å². The van der Waals surface area contributed by atoms with Crippen LogP contribution in [-0.4, -0.2) is 21.6 Å². The second-order valence-corrected chi connectivity index (χ2v) is 9.94. The second kappa shape index (κ2) is 9.74. The molecule has 3 heterocycles. The van der Waals surface area contributed by atoms with Gasteiger partial charge in [0.1, 0.15) is 5.57 Å². The molecule has 7 heteroatoms. The highest BCUT2D eigenvalue weighted by molar-refractivity contribution is 6.53. The minimum absolute atomic E-state index is 0.111. The van der Waals surface area contributed by atoms with Crippen molar-refractivity contribution in [1.82, 2.24) is 9.78 Å². The summed E-state index contributed by atoms with van der Waals surface area (Å²) in [5.41, 5.74) is 5.93. The molecule has 0 bridgehead atoms. The summed E-state index contributed by atoms with van der Waals surface area (Å²) in [4.78, 5) is 43.3. The smallest absolute Gasteiger partial charge is 0.294 e. The number of aryl methyl sites for hydroxylation is 5. The molecule has 2 amide bonds. The third-order valence-electron chi connectivity index (χ3n) is 6.87. The lowest BCUT2D eigenvalue weighted by molar-refractivity contribution is -0.577. The molecule has 1 N–H and O–H groups in total. The molecule has 5 rings (SSSR count). The molecule has 1 aliphatic rings. The Morgan fingerprint density at radius 3 is 2.21 bits per heavy atom. The maximum Gasteiger partial charge on any atom is 0.331 e. The lowest BCUT2D eigenvalue weighted by Gasteiger charge is -2.14. The number of anilines is 1. The average molecular weight is 508 g/mol. The first-order chi connectivity index (χ1) is 18.2. The van der Waals surface area contributed by atoms with Crippen LogP contribution in [0.2, 0.25) is 0 Å². The van der Waals surface area contributed by atoms with Crippen molar-refractivity contribution < 1.29 is 14.2 Å². The van der Waals surface area contributed by atoms with Gasteiger partial charge < -0.3 is 0 Å². The van der Waals surface area contributed by atoms with Crippen molar-refractivity contribution in [2.24, 2.45) is 0 Å². The zero-order valence-corrected chi connectivity index (χ0v) is 22.3. The highest BCUT2D eigenvalue weighted by Gasteiger charge is 2.48. The van der Waals surface area contributed by atoms with Gasteiger partial charge in [0.25, 0.3) is 17.2 Å².